The van der Waals surface area contributed by atoms with Crippen LogP contribution >= 0.6 is 11.6 Å². The van der Waals surface area contributed by atoms with Gasteiger partial charge in [-0.05, 0) is 42.0 Å². The van der Waals surface area contributed by atoms with Gasteiger partial charge in [0.1, 0.15) is 0 Å². The topological polar surface area (TPSA) is 20.2 Å². The zero-order valence-electron chi connectivity index (χ0n) is 10.7. The quantitative estimate of drug-likeness (QED) is 0.854. The summed E-state index contributed by atoms with van der Waals surface area (Å²) in [5.74, 6) is 0.157. The van der Waals surface area contributed by atoms with Gasteiger partial charge < -0.3 is 5.11 Å². The third-order valence-electron chi connectivity index (χ3n) is 4.02. The number of halogens is 1. The minimum atomic E-state index is -0.518. The summed E-state index contributed by atoms with van der Waals surface area (Å²) in [5.41, 5.74) is 3.48. The molecule has 0 radical (unpaired) electrons. The highest BCUT2D eigenvalue weighted by Gasteiger charge is 2.28. The maximum absolute atomic E-state index is 10.7. The van der Waals surface area contributed by atoms with Gasteiger partial charge in [0.15, 0.2) is 0 Å². The first kappa shape index (κ1) is 12.7. The molecule has 0 heterocycles. The predicted molar refractivity (Wildman–Crippen MR) is 78.5 cm³/mol. The Bertz CT molecular complexity index is 579. The second kappa shape index (κ2) is 5.36. The highest BCUT2D eigenvalue weighted by atomic mass is 35.5. The van der Waals surface area contributed by atoms with Crippen molar-refractivity contribution in [3.05, 3.63) is 70.2 Å². The van der Waals surface area contributed by atoms with Crippen LogP contribution in [0.1, 0.15) is 41.6 Å². The number of aliphatic hydroxyl groups excluding tert-OH is 1. The van der Waals surface area contributed by atoms with Crippen LogP contribution in [-0.2, 0) is 6.42 Å². The third kappa shape index (κ3) is 2.41. The van der Waals surface area contributed by atoms with Crippen molar-refractivity contribution < 1.29 is 5.11 Å². The lowest BCUT2D eigenvalue weighted by Gasteiger charge is -2.30. The number of hydrogen-bond donors (Lipinski definition) is 1. The Morgan fingerprint density at radius 3 is 2.63 bits per heavy atom. The maximum atomic E-state index is 10.7. The van der Waals surface area contributed by atoms with E-state index < -0.39 is 6.10 Å². The Morgan fingerprint density at radius 2 is 1.79 bits per heavy atom. The molecule has 0 aliphatic heterocycles. The summed E-state index contributed by atoms with van der Waals surface area (Å²) in [4.78, 5) is 0. The van der Waals surface area contributed by atoms with Crippen LogP contribution in [0.5, 0.6) is 0 Å². The number of aliphatic hydroxyl groups is 1. The summed E-state index contributed by atoms with van der Waals surface area (Å²) in [5, 5.41) is 11.3. The SMILES string of the molecule is OC(c1ccccc1Cl)C1CCCc2ccccc21. The smallest absolute Gasteiger partial charge is 0.0872 e. The van der Waals surface area contributed by atoms with E-state index in [4.69, 9.17) is 11.6 Å². The molecule has 1 nitrogen and oxygen atoms in total. The van der Waals surface area contributed by atoms with Crippen molar-refractivity contribution in [2.75, 3.05) is 0 Å². The maximum Gasteiger partial charge on any atom is 0.0872 e. The highest BCUT2D eigenvalue weighted by Crippen LogP contribution is 2.41. The van der Waals surface area contributed by atoms with Crippen molar-refractivity contribution in [2.24, 2.45) is 0 Å². The second-order valence-electron chi connectivity index (χ2n) is 5.16. The highest BCUT2D eigenvalue weighted by molar-refractivity contribution is 6.31. The van der Waals surface area contributed by atoms with Crippen molar-refractivity contribution in [3.63, 3.8) is 0 Å². The van der Waals surface area contributed by atoms with Gasteiger partial charge in [-0.2, -0.15) is 0 Å². The molecule has 0 spiro atoms. The van der Waals surface area contributed by atoms with Gasteiger partial charge in [0.05, 0.1) is 6.10 Å². The van der Waals surface area contributed by atoms with E-state index >= 15 is 0 Å². The normalized spacial score (nSPS) is 19.8. The van der Waals surface area contributed by atoms with Crippen LogP contribution in [-0.4, -0.2) is 5.11 Å². The Balaban J connectivity index is 1.98. The zero-order valence-corrected chi connectivity index (χ0v) is 11.5. The van der Waals surface area contributed by atoms with E-state index in [-0.39, 0.29) is 5.92 Å². The minimum Gasteiger partial charge on any atom is -0.388 e. The number of benzene rings is 2. The first-order chi connectivity index (χ1) is 9.27. The number of hydrogen-bond acceptors (Lipinski definition) is 1. The molecule has 2 unspecified atom stereocenters. The molecule has 0 amide bonds. The molecule has 19 heavy (non-hydrogen) atoms. The van der Waals surface area contributed by atoms with Crippen molar-refractivity contribution in [3.8, 4) is 0 Å². The van der Waals surface area contributed by atoms with E-state index in [0.29, 0.717) is 5.02 Å². The molecule has 1 aliphatic carbocycles. The molecular formula is C17H17ClO. The first-order valence-electron chi connectivity index (χ1n) is 6.77. The van der Waals surface area contributed by atoms with Crippen molar-refractivity contribution in [1.29, 1.82) is 0 Å². The van der Waals surface area contributed by atoms with Gasteiger partial charge in [-0.1, -0.05) is 54.1 Å². The fourth-order valence-corrected chi connectivity index (χ4v) is 3.30. The van der Waals surface area contributed by atoms with E-state index in [2.05, 4.69) is 24.3 Å². The lowest BCUT2D eigenvalue weighted by atomic mass is 9.78. The average Bonchev–Trinajstić information content (AvgIpc) is 2.46. The van der Waals surface area contributed by atoms with Crippen molar-refractivity contribution in [1.82, 2.24) is 0 Å². The monoisotopic (exact) mass is 272 g/mol. The minimum absolute atomic E-state index is 0.157. The predicted octanol–water partition coefficient (Wildman–Crippen LogP) is 4.49. The van der Waals surface area contributed by atoms with E-state index in [9.17, 15) is 5.11 Å². The summed E-state index contributed by atoms with van der Waals surface area (Å²) < 4.78 is 0. The Labute approximate surface area is 118 Å². The molecule has 2 aromatic carbocycles. The fraction of sp³-hybridized carbons (Fsp3) is 0.294. The van der Waals surface area contributed by atoms with Crippen LogP contribution in [0.3, 0.4) is 0 Å². The zero-order chi connectivity index (χ0) is 13.2. The molecule has 0 aromatic heterocycles. The molecule has 2 atom stereocenters. The van der Waals surface area contributed by atoms with E-state index in [0.717, 1.165) is 24.8 Å². The van der Waals surface area contributed by atoms with Gasteiger partial charge in [-0.3, -0.25) is 0 Å². The van der Waals surface area contributed by atoms with Crippen LogP contribution in [0.15, 0.2) is 48.5 Å². The van der Waals surface area contributed by atoms with Crippen LogP contribution in [0, 0.1) is 0 Å². The van der Waals surface area contributed by atoms with Crippen LogP contribution in [0.2, 0.25) is 5.02 Å². The van der Waals surface area contributed by atoms with E-state index in [1.165, 1.54) is 11.1 Å². The second-order valence-corrected chi connectivity index (χ2v) is 5.57. The van der Waals surface area contributed by atoms with Gasteiger partial charge in [-0.25, -0.2) is 0 Å². The van der Waals surface area contributed by atoms with Gasteiger partial charge in [0.25, 0.3) is 0 Å². The number of fused-ring (bicyclic) bond motifs is 1. The third-order valence-corrected chi connectivity index (χ3v) is 4.37. The van der Waals surface area contributed by atoms with Crippen LogP contribution in [0.25, 0.3) is 0 Å². The number of rotatable bonds is 2. The lowest BCUT2D eigenvalue weighted by Crippen LogP contribution is -2.17. The lowest BCUT2D eigenvalue weighted by molar-refractivity contribution is 0.136. The van der Waals surface area contributed by atoms with Crippen molar-refractivity contribution in [2.45, 2.75) is 31.3 Å². The average molecular weight is 273 g/mol. The van der Waals surface area contributed by atoms with E-state index in [1.807, 2.05) is 24.3 Å². The summed E-state index contributed by atoms with van der Waals surface area (Å²) in [6.07, 6.45) is 2.74. The molecule has 3 rings (SSSR count). The standard InChI is InChI=1S/C17H17ClO/c18-16-11-4-3-9-15(16)17(19)14-10-5-7-12-6-1-2-8-13(12)14/h1-4,6,8-9,11,14,17,19H,5,7,10H2. The molecule has 0 saturated heterocycles. The first-order valence-corrected chi connectivity index (χ1v) is 7.15. The van der Waals surface area contributed by atoms with Crippen molar-refractivity contribution >= 4 is 11.6 Å². The Kier molecular flexibility index (Phi) is 3.58. The number of aryl methyl sites for hydroxylation is 1. The van der Waals surface area contributed by atoms with Gasteiger partial charge in [0.2, 0.25) is 0 Å². The summed E-state index contributed by atoms with van der Waals surface area (Å²) >= 11 is 6.21. The van der Waals surface area contributed by atoms with Gasteiger partial charge in [-0.15, -0.1) is 0 Å². The molecule has 2 aromatic rings. The molecule has 0 bridgehead atoms. The molecule has 1 aliphatic rings. The largest absolute Gasteiger partial charge is 0.388 e. The summed E-state index contributed by atoms with van der Waals surface area (Å²) in [6.45, 7) is 0. The molecule has 2 heteroatoms. The van der Waals surface area contributed by atoms with Crippen LogP contribution < -0.4 is 0 Å². The molecule has 1 N–H and O–H groups in total. The molecule has 0 saturated carbocycles. The Morgan fingerprint density at radius 1 is 1.05 bits per heavy atom. The molecule has 98 valence electrons. The summed E-state index contributed by atoms with van der Waals surface area (Å²) in [7, 11) is 0. The van der Waals surface area contributed by atoms with E-state index in [1.54, 1.807) is 0 Å². The van der Waals surface area contributed by atoms with Crippen LogP contribution in [0.4, 0.5) is 0 Å². The summed E-state index contributed by atoms with van der Waals surface area (Å²) in [6, 6.07) is 16.0. The molecular weight excluding hydrogens is 256 g/mol. The fourth-order valence-electron chi connectivity index (χ4n) is 3.05. The molecule has 0 fully saturated rings. The Hall–Kier alpha value is -1.31. The van der Waals surface area contributed by atoms with Gasteiger partial charge >= 0.3 is 0 Å². The van der Waals surface area contributed by atoms with Gasteiger partial charge in [0, 0.05) is 10.9 Å².